The lowest BCUT2D eigenvalue weighted by Gasteiger charge is -2.24. The summed E-state index contributed by atoms with van der Waals surface area (Å²) in [5.41, 5.74) is 8.14. The maximum atomic E-state index is 5.56. The Morgan fingerprint density at radius 3 is 2.59 bits per heavy atom. The smallest absolute Gasteiger partial charge is 0.191 e. The number of thiocarbonyl (C=S) groups is 1. The zero-order valence-electron chi connectivity index (χ0n) is 17.2. The second-order valence-electron chi connectivity index (χ2n) is 7.19. The molecule has 29 heavy (non-hydrogen) atoms. The molecule has 0 spiro atoms. The van der Waals surface area contributed by atoms with Crippen LogP contribution < -0.4 is 20.4 Å². The molecular formula is C22H29N4O2S+. The van der Waals surface area contributed by atoms with Crippen molar-refractivity contribution in [2.45, 2.75) is 20.4 Å². The number of quaternary nitrogens is 1. The number of morpholine rings is 1. The van der Waals surface area contributed by atoms with Gasteiger partial charge in [0.15, 0.2) is 5.11 Å². The monoisotopic (exact) mass is 413 g/mol. The molecule has 2 aromatic carbocycles. The zero-order valence-corrected chi connectivity index (χ0v) is 18.1. The first-order valence-electron chi connectivity index (χ1n) is 9.81. The van der Waals surface area contributed by atoms with Crippen molar-refractivity contribution in [3.63, 3.8) is 0 Å². The van der Waals surface area contributed by atoms with E-state index in [1.165, 1.54) is 16.0 Å². The third kappa shape index (κ3) is 6.25. The van der Waals surface area contributed by atoms with Gasteiger partial charge in [-0.25, -0.2) is 0 Å². The average molecular weight is 414 g/mol. The van der Waals surface area contributed by atoms with Crippen molar-refractivity contribution in [3.8, 4) is 5.75 Å². The standard InChI is InChI=1S/C22H28N4O2S/c1-16-4-7-20(8-5-16)23-22(29)25-24-17(2)18-6-9-21(27-3)19(14-18)15-26-10-12-28-13-11-26/h4-9,14H,10-13,15H2,1-3H3,(H2,23,25,29)/p+1/b24-17-. The van der Waals surface area contributed by atoms with Crippen LogP contribution in [0.15, 0.2) is 47.6 Å². The van der Waals surface area contributed by atoms with Gasteiger partial charge in [-0.15, -0.1) is 0 Å². The summed E-state index contributed by atoms with van der Waals surface area (Å²) >= 11 is 5.35. The molecule has 0 bridgehead atoms. The largest absolute Gasteiger partial charge is 0.496 e. The molecule has 0 unspecified atom stereocenters. The number of aryl methyl sites for hydroxylation is 1. The van der Waals surface area contributed by atoms with Crippen LogP contribution in [0.4, 0.5) is 5.69 Å². The lowest BCUT2D eigenvalue weighted by molar-refractivity contribution is -0.921. The van der Waals surface area contributed by atoms with E-state index in [1.807, 2.05) is 43.3 Å². The minimum Gasteiger partial charge on any atom is -0.496 e. The fourth-order valence-electron chi connectivity index (χ4n) is 3.24. The molecule has 154 valence electrons. The fraction of sp³-hybridized carbons (Fsp3) is 0.364. The van der Waals surface area contributed by atoms with Gasteiger partial charge in [-0.05, 0) is 62.0 Å². The van der Waals surface area contributed by atoms with Gasteiger partial charge in [0.1, 0.15) is 25.4 Å². The maximum absolute atomic E-state index is 5.56. The van der Waals surface area contributed by atoms with Gasteiger partial charge in [0.05, 0.1) is 26.0 Å². The van der Waals surface area contributed by atoms with Gasteiger partial charge >= 0.3 is 0 Å². The number of rotatable bonds is 6. The second-order valence-corrected chi connectivity index (χ2v) is 7.60. The number of ether oxygens (including phenoxy) is 2. The molecule has 0 aliphatic carbocycles. The number of anilines is 1. The summed E-state index contributed by atoms with van der Waals surface area (Å²) in [6.07, 6.45) is 0. The first-order valence-corrected chi connectivity index (χ1v) is 10.2. The van der Waals surface area contributed by atoms with Crippen molar-refractivity contribution in [1.29, 1.82) is 0 Å². The van der Waals surface area contributed by atoms with Crippen molar-refractivity contribution in [1.82, 2.24) is 5.43 Å². The normalized spacial score (nSPS) is 15.1. The van der Waals surface area contributed by atoms with Crippen LogP contribution in [-0.2, 0) is 11.3 Å². The Hall–Kier alpha value is -2.48. The minimum absolute atomic E-state index is 0.458. The zero-order chi connectivity index (χ0) is 20.6. The topological polar surface area (TPSA) is 59.3 Å². The third-order valence-electron chi connectivity index (χ3n) is 4.97. The maximum Gasteiger partial charge on any atom is 0.191 e. The highest BCUT2D eigenvalue weighted by molar-refractivity contribution is 7.80. The van der Waals surface area contributed by atoms with Gasteiger partial charge < -0.3 is 19.7 Å². The molecule has 1 saturated heterocycles. The van der Waals surface area contributed by atoms with Crippen molar-refractivity contribution in [3.05, 3.63) is 59.2 Å². The second kappa shape index (κ2) is 10.3. The molecule has 1 aliphatic heterocycles. The van der Waals surface area contributed by atoms with Crippen LogP contribution in [0.2, 0.25) is 0 Å². The lowest BCUT2D eigenvalue weighted by atomic mass is 10.1. The van der Waals surface area contributed by atoms with Crippen LogP contribution in [-0.4, -0.2) is 44.2 Å². The highest BCUT2D eigenvalue weighted by atomic mass is 32.1. The van der Waals surface area contributed by atoms with E-state index in [9.17, 15) is 0 Å². The number of hydrazone groups is 1. The van der Waals surface area contributed by atoms with Gasteiger partial charge in [0, 0.05) is 11.3 Å². The van der Waals surface area contributed by atoms with E-state index < -0.39 is 0 Å². The Morgan fingerprint density at radius 1 is 1.17 bits per heavy atom. The van der Waals surface area contributed by atoms with E-state index in [-0.39, 0.29) is 0 Å². The van der Waals surface area contributed by atoms with E-state index in [1.54, 1.807) is 7.11 Å². The van der Waals surface area contributed by atoms with E-state index >= 15 is 0 Å². The number of nitrogens with zero attached hydrogens (tertiary/aromatic N) is 1. The Morgan fingerprint density at radius 2 is 1.90 bits per heavy atom. The molecule has 3 N–H and O–H groups in total. The van der Waals surface area contributed by atoms with E-state index in [0.717, 1.165) is 55.6 Å². The molecule has 0 aromatic heterocycles. The van der Waals surface area contributed by atoms with Crippen molar-refractivity contribution < 1.29 is 14.4 Å². The average Bonchev–Trinajstić information content (AvgIpc) is 2.74. The lowest BCUT2D eigenvalue weighted by Crippen LogP contribution is -3.12. The number of methoxy groups -OCH3 is 1. The van der Waals surface area contributed by atoms with E-state index in [0.29, 0.717) is 5.11 Å². The molecule has 7 heteroatoms. The highest BCUT2D eigenvalue weighted by Crippen LogP contribution is 2.19. The molecule has 1 fully saturated rings. The first kappa shape index (κ1) is 21.2. The molecule has 1 heterocycles. The van der Waals surface area contributed by atoms with Crippen LogP contribution >= 0.6 is 12.2 Å². The quantitative estimate of drug-likeness (QED) is 0.385. The highest BCUT2D eigenvalue weighted by Gasteiger charge is 2.17. The van der Waals surface area contributed by atoms with Gasteiger partial charge in [0.25, 0.3) is 0 Å². The van der Waals surface area contributed by atoms with Crippen molar-refractivity contribution >= 4 is 28.7 Å². The molecule has 0 atom stereocenters. The molecule has 2 aromatic rings. The van der Waals surface area contributed by atoms with E-state index in [4.69, 9.17) is 21.7 Å². The summed E-state index contributed by atoms with van der Waals surface area (Å²) in [5.74, 6) is 0.907. The van der Waals surface area contributed by atoms with Crippen LogP contribution in [0, 0.1) is 6.92 Å². The summed E-state index contributed by atoms with van der Waals surface area (Å²) < 4.78 is 11.0. The van der Waals surface area contributed by atoms with Crippen LogP contribution in [0.25, 0.3) is 0 Å². The Bertz CT molecular complexity index is 862. The first-order chi connectivity index (χ1) is 14.0. The summed E-state index contributed by atoms with van der Waals surface area (Å²) in [6.45, 7) is 8.59. The summed E-state index contributed by atoms with van der Waals surface area (Å²) in [5, 5.41) is 8.04. The summed E-state index contributed by atoms with van der Waals surface area (Å²) in [6, 6.07) is 14.2. The van der Waals surface area contributed by atoms with Crippen LogP contribution in [0.3, 0.4) is 0 Å². The fourth-order valence-corrected chi connectivity index (χ4v) is 3.41. The third-order valence-corrected chi connectivity index (χ3v) is 5.17. The SMILES string of the molecule is COc1ccc(/C(C)=N\NC(=S)Nc2ccc(C)cc2)cc1C[NH+]1CCOCC1. The number of benzene rings is 2. The predicted molar refractivity (Wildman–Crippen MR) is 121 cm³/mol. The number of nitrogens with one attached hydrogen (secondary N) is 3. The molecule has 0 saturated carbocycles. The van der Waals surface area contributed by atoms with Crippen molar-refractivity contribution in [2.24, 2.45) is 5.10 Å². The van der Waals surface area contributed by atoms with Gasteiger partial charge in [0.2, 0.25) is 0 Å². The molecular weight excluding hydrogens is 384 g/mol. The number of hydrogen-bond acceptors (Lipinski definition) is 4. The van der Waals surface area contributed by atoms with Crippen molar-refractivity contribution in [2.75, 3.05) is 38.7 Å². The van der Waals surface area contributed by atoms with E-state index in [2.05, 4.69) is 28.8 Å². The van der Waals surface area contributed by atoms with Crippen LogP contribution in [0.5, 0.6) is 5.75 Å². The summed E-state index contributed by atoms with van der Waals surface area (Å²) in [4.78, 5) is 1.50. The Labute approximate surface area is 177 Å². The van der Waals surface area contributed by atoms with Gasteiger partial charge in [-0.2, -0.15) is 5.10 Å². The van der Waals surface area contributed by atoms with Gasteiger partial charge in [-0.1, -0.05) is 17.7 Å². The Kier molecular flexibility index (Phi) is 7.57. The molecule has 6 nitrogen and oxygen atoms in total. The molecule has 3 rings (SSSR count). The van der Waals surface area contributed by atoms with Gasteiger partial charge in [-0.3, -0.25) is 5.43 Å². The molecule has 1 aliphatic rings. The molecule has 0 amide bonds. The predicted octanol–water partition coefficient (Wildman–Crippen LogP) is 2.13. The van der Waals surface area contributed by atoms with Crippen LogP contribution in [0.1, 0.15) is 23.6 Å². The summed E-state index contributed by atoms with van der Waals surface area (Å²) in [7, 11) is 1.71. The molecule has 0 radical (unpaired) electrons. The minimum atomic E-state index is 0.458. The number of hydrogen-bond donors (Lipinski definition) is 3. The Balaban J connectivity index is 1.65.